The van der Waals surface area contributed by atoms with Gasteiger partial charge in [-0.25, -0.2) is 9.59 Å². The van der Waals surface area contributed by atoms with Gasteiger partial charge >= 0.3 is 12.0 Å². The highest BCUT2D eigenvalue weighted by molar-refractivity contribution is 5.95. The molecular weight excluding hydrogens is 338 g/mol. The molecule has 1 aliphatic rings. The number of ether oxygens (including phenoxy) is 3. The highest BCUT2D eigenvalue weighted by Crippen LogP contribution is 2.25. The molecule has 1 saturated heterocycles. The van der Waals surface area contributed by atoms with E-state index in [1.165, 1.54) is 20.3 Å². The van der Waals surface area contributed by atoms with Gasteiger partial charge in [-0.2, -0.15) is 0 Å². The van der Waals surface area contributed by atoms with Crippen LogP contribution in [0.3, 0.4) is 0 Å². The summed E-state index contributed by atoms with van der Waals surface area (Å²) in [4.78, 5) is 26.3. The SMILES string of the molecule is CC[C@H](CNC(=O)Nc1cc(C(=O)OC)ccc1OC)N1CCOCC1. The fourth-order valence-electron chi connectivity index (χ4n) is 2.90. The van der Waals surface area contributed by atoms with E-state index < -0.39 is 5.97 Å². The first-order valence-electron chi connectivity index (χ1n) is 8.72. The highest BCUT2D eigenvalue weighted by atomic mass is 16.5. The lowest BCUT2D eigenvalue weighted by atomic mass is 10.1. The Morgan fingerprint density at radius 3 is 2.62 bits per heavy atom. The number of rotatable bonds is 7. The summed E-state index contributed by atoms with van der Waals surface area (Å²) < 4.78 is 15.3. The van der Waals surface area contributed by atoms with Crippen molar-refractivity contribution in [1.29, 1.82) is 0 Å². The second-order valence-electron chi connectivity index (χ2n) is 5.95. The topological polar surface area (TPSA) is 89.1 Å². The van der Waals surface area contributed by atoms with Crippen LogP contribution in [0.2, 0.25) is 0 Å². The Labute approximate surface area is 153 Å². The molecule has 1 aromatic carbocycles. The molecule has 2 rings (SSSR count). The zero-order valence-electron chi connectivity index (χ0n) is 15.5. The summed E-state index contributed by atoms with van der Waals surface area (Å²) in [5, 5.41) is 5.63. The smallest absolute Gasteiger partial charge is 0.337 e. The van der Waals surface area contributed by atoms with Crippen molar-refractivity contribution in [3.63, 3.8) is 0 Å². The van der Waals surface area contributed by atoms with Gasteiger partial charge in [0.05, 0.1) is 38.7 Å². The van der Waals surface area contributed by atoms with E-state index in [2.05, 4.69) is 22.5 Å². The molecule has 8 heteroatoms. The van der Waals surface area contributed by atoms with Crippen LogP contribution < -0.4 is 15.4 Å². The van der Waals surface area contributed by atoms with Crippen LogP contribution >= 0.6 is 0 Å². The third-order valence-corrected chi connectivity index (χ3v) is 4.40. The van der Waals surface area contributed by atoms with Gasteiger partial charge in [0.15, 0.2) is 0 Å². The number of carbonyl (C=O) groups excluding carboxylic acids is 2. The van der Waals surface area contributed by atoms with Gasteiger partial charge in [-0.05, 0) is 24.6 Å². The summed E-state index contributed by atoms with van der Waals surface area (Å²) in [7, 11) is 2.81. The number of hydrogen-bond donors (Lipinski definition) is 2. The highest BCUT2D eigenvalue weighted by Gasteiger charge is 2.20. The summed E-state index contributed by atoms with van der Waals surface area (Å²) >= 11 is 0. The molecule has 1 aliphatic heterocycles. The second-order valence-corrected chi connectivity index (χ2v) is 5.95. The van der Waals surface area contributed by atoms with Gasteiger partial charge in [-0.1, -0.05) is 6.92 Å². The second kappa shape index (κ2) is 9.98. The van der Waals surface area contributed by atoms with Crippen LogP contribution in [-0.2, 0) is 9.47 Å². The Morgan fingerprint density at radius 2 is 2.00 bits per heavy atom. The van der Waals surface area contributed by atoms with Crippen molar-refractivity contribution in [3.05, 3.63) is 23.8 Å². The van der Waals surface area contributed by atoms with Gasteiger partial charge in [0, 0.05) is 25.7 Å². The van der Waals surface area contributed by atoms with Gasteiger partial charge in [-0.3, -0.25) is 4.90 Å². The molecule has 1 atom stereocenters. The first kappa shape index (κ1) is 20.0. The van der Waals surface area contributed by atoms with Gasteiger partial charge in [0.2, 0.25) is 0 Å². The van der Waals surface area contributed by atoms with Gasteiger partial charge in [-0.15, -0.1) is 0 Å². The molecular formula is C18H27N3O5. The summed E-state index contributed by atoms with van der Waals surface area (Å²) in [6, 6.07) is 4.64. The number of morpholine rings is 1. The van der Waals surface area contributed by atoms with E-state index >= 15 is 0 Å². The van der Waals surface area contributed by atoms with Crippen LogP contribution in [0.4, 0.5) is 10.5 Å². The molecule has 0 bridgehead atoms. The van der Waals surface area contributed by atoms with Crippen LogP contribution in [-0.4, -0.2) is 70.0 Å². The van der Waals surface area contributed by atoms with E-state index in [0.29, 0.717) is 23.5 Å². The number of anilines is 1. The monoisotopic (exact) mass is 365 g/mol. The molecule has 0 aliphatic carbocycles. The molecule has 144 valence electrons. The number of benzene rings is 1. The third-order valence-electron chi connectivity index (χ3n) is 4.40. The lowest BCUT2D eigenvalue weighted by molar-refractivity contribution is 0.0165. The molecule has 26 heavy (non-hydrogen) atoms. The number of amides is 2. The summed E-state index contributed by atoms with van der Waals surface area (Å²) in [5.74, 6) is -0.0116. The number of carbonyl (C=O) groups is 2. The fraction of sp³-hybridized carbons (Fsp3) is 0.556. The molecule has 0 saturated carbocycles. The van der Waals surface area contributed by atoms with Crippen molar-refractivity contribution >= 4 is 17.7 Å². The number of hydrogen-bond acceptors (Lipinski definition) is 6. The van der Waals surface area contributed by atoms with Crippen molar-refractivity contribution in [2.75, 3.05) is 52.4 Å². The van der Waals surface area contributed by atoms with Crippen molar-refractivity contribution in [2.45, 2.75) is 19.4 Å². The van der Waals surface area contributed by atoms with Crippen LogP contribution in [0.25, 0.3) is 0 Å². The number of nitrogens with one attached hydrogen (secondary N) is 2. The predicted octanol–water partition coefficient (Wildman–Crippen LogP) is 1.71. The molecule has 0 aromatic heterocycles. The maximum Gasteiger partial charge on any atom is 0.337 e. The largest absolute Gasteiger partial charge is 0.495 e. The number of nitrogens with zero attached hydrogens (tertiary/aromatic N) is 1. The summed E-state index contributed by atoms with van der Waals surface area (Å²) in [5.41, 5.74) is 0.746. The molecule has 2 amide bonds. The zero-order valence-corrected chi connectivity index (χ0v) is 15.5. The molecule has 1 fully saturated rings. The standard InChI is InChI=1S/C18H27N3O5/c1-4-14(21-7-9-26-10-8-21)12-19-18(23)20-15-11-13(17(22)25-3)5-6-16(15)24-2/h5-6,11,14H,4,7-10,12H2,1-3H3,(H2,19,20,23)/t14-/m1/s1. The van der Waals surface area contributed by atoms with Crippen molar-refractivity contribution in [1.82, 2.24) is 10.2 Å². The number of urea groups is 1. The van der Waals surface area contributed by atoms with Crippen molar-refractivity contribution < 1.29 is 23.8 Å². The first-order chi connectivity index (χ1) is 12.6. The fourth-order valence-corrected chi connectivity index (χ4v) is 2.90. The molecule has 0 radical (unpaired) electrons. The zero-order chi connectivity index (χ0) is 18.9. The van der Waals surface area contributed by atoms with Crippen LogP contribution in [0.1, 0.15) is 23.7 Å². The van der Waals surface area contributed by atoms with Crippen LogP contribution in [0.5, 0.6) is 5.75 Å². The normalized spacial score (nSPS) is 15.8. The van der Waals surface area contributed by atoms with E-state index in [9.17, 15) is 9.59 Å². The Bertz CT molecular complexity index is 617. The van der Waals surface area contributed by atoms with E-state index in [1.54, 1.807) is 12.1 Å². The average Bonchev–Trinajstić information content (AvgIpc) is 2.68. The Kier molecular flexibility index (Phi) is 7.68. The van der Waals surface area contributed by atoms with Gasteiger partial charge in [0.25, 0.3) is 0 Å². The van der Waals surface area contributed by atoms with E-state index in [-0.39, 0.29) is 12.1 Å². The third kappa shape index (κ3) is 5.34. The van der Waals surface area contributed by atoms with Gasteiger partial charge in [0.1, 0.15) is 5.75 Å². The number of esters is 1. The Hall–Kier alpha value is -2.32. The minimum Gasteiger partial charge on any atom is -0.495 e. The molecule has 1 aromatic rings. The summed E-state index contributed by atoms with van der Waals surface area (Å²) in [6.07, 6.45) is 0.932. The average molecular weight is 365 g/mol. The van der Waals surface area contributed by atoms with Crippen molar-refractivity contribution in [2.24, 2.45) is 0 Å². The first-order valence-corrected chi connectivity index (χ1v) is 8.72. The minimum atomic E-state index is -0.477. The Morgan fingerprint density at radius 1 is 1.27 bits per heavy atom. The maximum atomic E-state index is 12.3. The molecule has 8 nitrogen and oxygen atoms in total. The van der Waals surface area contributed by atoms with Crippen LogP contribution in [0, 0.1) is 0 Å². The predicted molar refractivity (Wildman–Crippen MR) is 97.8 cm³/mol. The lowest BCUT2D eigenvalue weighted by Crippen LogP contribution is -2.49. The van der Waals surface area contributed by atoms with Crippen molar-refractivity contribution in [3.8, 4) is 5.75 Å². The van der Waals surface area contributed by atoms with Crippen LogP contribution in [0.15, 0.2) is 18.2 Å². The van der Waals surface area contributed by atoms with E-state index in [1.807, 2.05) is 0 Å². The number of methoxy groups -OCH3 is 2. The quantitative estimate of drug-likeness (QED) is 0.715. The molecule has 2 N–H and O–H groups in total. The Balaban J connectivity index is 1.96. The molecule has 1 heterocycles. The summed E-state index contributed by atoms with van der Waals surface area (Å²) in [6.45, 7) is 5.82. The van der Waals surface area contributed by atoms with E-state index in [4.69, 9.17) is 14.2 Å². The molecule has 0 spiro atoms. The lowest BCUT2D eigenvalue weighted by Gasteiger charge is -2.34. The maximum absolute atomic E-state index is 12.3. The van der Waals surface area contributed by atoms with Gasteiger partial charge < -0.3 is 24.8 Å². The van der Waals surface area contributed by atoms with E-state index in [0.717, 1.165) is 32.7 Å². The molecule has 0 unspecified atom stereocenters. The minimum absolute atomic E-state index is 0.257.